The van der Waals surface area contributed by atoms with E-state index >= 15 is 0 Å². The molecule has 0 radical (unpaired) electrons. The number of H-pyrrole nitrogens is 2. The van der Waals surface area contributed by atoms with Gasteiger partial charge in [0.2, 0.25) is 35.4 Å². The van der Waals surface area contributed by atoms with Crippen molar-refractivity contribution in [3.05, 3.63) is 76.6 Å². The van der Waals surface area contributed by atoms with Gasteiger partial charge in [-0.15, -0.1) is 23.2 Å². The van der Waals surface area contributed by atoms with Gasteiger partial charge in [0.15, 0.2) is 11.5 Å². The smallest absolute Gasteiger partial charge is 0.445 e. The zero-order valence-corrected chi connectivity index (χ0v) is 55.9. The summed E-state index contributed by atoms with van der Waals surface area (Å²) in [6, 6.07) is 5.67. The van der Waals surface area contributed by atoms with Crippen molar-refractivity contribution in [1.29, 1.82) is 0 Å². The van der Waals surface area contributed by atoms with Gasteiger partial charge in [-0.1, -0.05) is 26.0 Å². The van der Waals surface area contributed by atoms with Gasteiger partial charge in [-0.3, -0.25) is 38.6 Å². The highest BCUT2D eigenvalue weighted by atomic mass is 35.5. The minimum atomic E-state index is -4.99. The zero-order chi connectivity index (χ0) is 68.3. The summed E-state index contributed by atoms with van der Waals surface area (Å²) in [5, 5.41) is 14.8. The predicted octanol–water partition coefficient (Wildman–Crippen LogP) is 6.29. The Kier molecular flexibility index (Phi) is 21.5. The minimum absolute atomic E-state index is 0.0249. The topological polar surface area (TPSA) is 396 Å². The third-order valence-electron chi connectivity index (χ3n) is 18.2. The fourth-order valence-corrected chi connectivity index (χ4v) is 14.3. The summed E-state index contributed by atoms with van der Waals surface area (Å²) in [5.41, 5.74) is 15.2. The average Bonchev–Trinajstić information content (AvgIpc) is 0.898. The molecule has 13 N–H and O–H groups in total. The molecule has 2 aliphatic heterocycles. The lowest BCUT2D eigenvalue weighted by Gasteiger charge is -2.69. The molecule has 3 aromatic carbocycles. The number of amides is 10. The second-order valence-corrected chi connectivity index (χ2v) is 27.3. The van der Waals surface area contributed by atoms with Gasteiger partial charge < -0.3 is 81.6 Å². The highest BCUT2D eigenvalue weighted by Crippen LogP contribution is 2.75. The maximum Gasteiger partial charge on any atom is 0.524 e. The molecule has 5 atom stereocenters. The van der Waals surface area contributed by atoms with Gasteiger partial charge >= 0.3 is 26.0 Å². The molecule has 0 saturated heterocycles. The zero-order valence-electron chi connectivity index (χ0n) is 53.5. The number of aromatic amines is 2. The monoisotopic (exact) mass is 1360 g/mol. The lowest BCUT2D eigenvalue weighted by Crippen LogP contribution is -2.73. The van der Waals surface area contributed by atoms with Crippen LogP contribution in [-0.4, -0.2) is 166 Å². The molecule has 3 fully saturated rings. The number of likely N-dealkylation sites (N-methyl/N-ethyl adjacent to an activating group) is 2. The van der Waals surface area contributed by atoms with Crippen molar-refractivity contribution in [2.75, 3.05) is 80.2 Å². The summed E-state index contributed by atoms with van der Waals surface area (Å²) in [5.74, 6) is -3.17. The molecule has 0 spiro atoms. The maximum absolute atomic E-state index is 14.9. The normalized spacial score (nSPS) is 19.4. The number of carbonyl (C=O) groups is 9. The molecule has 5 aliphatic rings. The van der Waals surface area contributed by atoms with Crippen LogP contribution in [0.1, 0.15) is 112 Å². The Morgan fingerprint density at radius 3 is 1.77 bits per heavy atom. The fraction of sp³-hybridized carbons (Fsp3) is 0.508. The Balaban J connectivity index is 0.788. The molecule has 10 rings (SSSR count). The van der Waals surface area contributed by atoms with Gasteiger partial charge in [0, 0.05) is 118 Å². The van der Waals surface area contributed by atoms with E-state index in [2.05, 4.69) is 36.6 Å². The van der Waals surface area contributed by atoms with E-state index in [9.17, 15) is 57.5 Å². The molecule has 94 heavy (non-hydrogen) atoms. The SMILES string of the molecule is CC(=O)N[C@@H](CCCCN)C(=O)NC(C(=O)N[C@@H](CCCNC(N)=O)C(=O)Nc1ccc(COC(=O)N(C)CCN(C)C(=O)Oc2cc3c(c4c(C)c[nH]c24)[C@H](CCl)CN3C(=O)C23CC(C(=O)N4C[C@@H](CCl)c5c4cc(OP(=O)(O)O)c4[nH]cc(C)c54)(C2)C3)cc1)C(C)C. The van der Waals surface area contributed by atoms with Gasteiger partial charge in [-0.2, -0.15) is 0 Å². The number of hydrogen-bond acceptors (Lipinski definition) is 14. The number of halogens is 2. The number of aryl methyl sites for hydroxylation is 2. The van der Waals surface area contributed by atoms with E-state index in [-0.39, 0.29) is 118 Å². The van der Waals surface area contributed by atoms with Crippen LogP contribution in [0.25, 0.3) is 21.8 Å². The summed E-state index contributed by atoms with van der Waals surface area (Å²) >= 11 is 13.2. The number of alkyl halides is 2. The number of carbonyl (C=O) groups excluding carboxylic acids is 9. The Bertz CT molecular complexity index is 3800. The predicted molar refractivity (Wildman–Crippen MR) is 352 cm³/mol. The highest BCUT2D eigenvalue weighted by molar-refractivity contribution is 7.46. The summed E-state index contributed by atoms with van der Waals surface area (Å²) in [4.78, 5) is 153. The van der Waals surface area contributed by atoms with Crippen LogP contribution in [-0.2, 0) is 44.7 Å². The third kappa shape index (κ3) is 14.9. The molecule has 2 aromatic heterocycles. The number of nitrogens with zero attached hydrogens (tertiary/aromatic N) is 4. The number of nitrogens with two attached hydrogens (primary N) is 2. The number of anilines is 3. The number of phosphoric acid groups is 1. The van der Waals surface area contributed by atoms with Crippen molar-refractivity contribution in [2.45, 2.75) is 123 Å². The molecule has 4 heterocycles. The molecule has 5 aromatic rings. The quantitative estimate of drug-likeness (QED) is 0.0149. The molecule has 28 nitrogen and oxygen atoms in total. The minimum Gasteiger partial charge on any atom is -0.445 e. The van der Waals surface area contributed by atoms with Crippen molar-refractivity contribution in [2.24, 2.45) is 28.2 Å². The fourth-order valence-electron chi connectivity index (χ4n) is 13.4. The lowest BCUT2D eigenvalue weighted by atomic mass is 9.34. The van der Waals surface area contributed by atoms with Crippen LogP contribution in [0.5, 0.6) is 11.5 Å². The lowest BCUT2D eigenvalue weighted by molar-refractivity contribution is -0.205. The number of benzene rings is 3. The van der Waals surface area contributed by atoms with Crippen LogP contribution in [0, 0.1) is 30.6 Å². The van der Waals surface area contributed by atoms with Gasteiger partial charge in [-0.25, -0.2) is 18.9 Å². The average molecular weight is 1360 g/mol. The van der Waals surface area contributed by atoms with Gasteiger partial charge in [-0.05, 0) is 118 Å². The number of ether oxygens (including phenoxy) is 2. The molecule has 3 saturated carbocycles. The van der Waals surface area contributed by atoms with E-state index in [4.69, 9.17) is 48.7 Å². The molecule has 3 aliphatic carbocycles. The van der Waals surface area contributed by atoms with E-state index < -0.39 is 84.5 Å². The van der Waals surface area contributed by atoms with Gasteiger partial charge in [0.25, 0.3) is 0 Å². The van der Waals surface area contributed by atoms with Crippen molar-refractivity contribution < 1.29 is 71.5 Å². The number of aromatic nitrogens is 2. The number of fused-ring (bicyclic) bond motifs is 6. The highest BCUT2D eigenvalue weighted by Gasteiger charge is 2.76. The molecular weight excluding hydrogens is 1280 g/mol. The Morgan fingerprint density at radius 2 is 1.26 bits per heavy atom. The standard InChI is InChI=1S/C63H82Cl2N13O15P/c1-33(2)51(74-55(81)41(71-36(5)79)11-8-9-17-66)56(82)73-42(12-10-18-68-59(67)85)54(80)72-40-15-13-37(14-16-40)29-91-60(86)75(6)19-20-76(7)61(87)92-45-21-43-49(47-34(3)25-69-52(45)47)38(23-64)27-77(43)57(83)62-30-63(31-62,32-62)58(84)78-28-39(24-65)50-44(78)22-46(93-94(88,89)90)53-48(50)35(4)26-70-53/h13-16,21-22,25-26,33,38-39,41-42,51,69-70H,8-12,17-20,23-24,27-32,66H2,1-7H3,(H,71,79)(H,72,80)(H,73,82)(H,74,81)(H3,67,68,85)(H2,88,89,90)/t38-,39-,41+,42+,51?,62?,63?/m1/s1. The van der Waals surface area contributed by atoms with Crippen LogP contribution in [0.3, 0.4) is 0 Å². The number of hydrogen-bond donors (Lipinski definition) is 11. The summed E-state index contributed by atoms with van der Waals surface area (Å²) in [6.45, 7) is 9.39. The van der Waals surface area contributed by atoms with Gasteiger partial charge in [0.05, 0.1) is 33.2 Å². The first-order valence-electron chi connectivity index (χ1n) is 31.1. The first-order chi connectivity index (χ1) is 44.5. The molecular formula is C63H82Cl2N13O15P. The van der Waals surface area contributed by atoms with E-state index in [1.165, 1.54) is 36.9 Å². The molecule has 31 heteroatoms. The van der Waals surface area contributed by atoms with Crippen molar-refractivity contribution in [3.63, 3.8) is 0 Å². The number of urea groups is 1. The van der Waals surface area contributed by atoms with E-state index in [0.717, 1.165) is 27.6 Å². The Morgan fingerprint density at radius 1 is 0.734 bits per heavy atom. The Hall–Kier alpha value is -8.14. The number of rotatable bonds is 28. The molecule has 2 bridgehead atoms. The van der Waals surface area contributed by atoms with E-state index in [1.807, 2.05) is 13.8 Å². The van der Waals surface area contributed by atoms with E-state index in [1.54, 1.807) is 66.4 Å². The van der Waals surface area contributed by atoms with Crippen molar-refractivity contribution in [1.82, 2.24) is 41.0 Å². The Labute approximate surface area is 552 Å². The van der Waals surface area contributed by atoms with Crippen LogP contribution in [0.4, 0.5) is 31.4 Å². The van der Waals surface area contributed by atoms with Crippen LogP contribution in [0.2, 0.25) is 0 Å². The second-order valence-electron chi connectivity index (χ2n) is 25.5. The van der Waals surface area contributed by atoms with Crippen LogP contribution < -0.4 is 57.1 Å². The molecule has 508 valence electrons. The maximum atomic E-state index is 14.9. The summed E-state index contributed by atoms with van der Waals surface area (Å²) < 4.78 is 28.9. The number of nitrogens with one attached hydrogen (secondary N) is 7. The first-order valence-corrected chi connectivity index (χ1v) is 33.7. The first kappa shape index (κ1) is 70.2. The molecule has 10 amide bonds. The van der Waals surface area contributed by atoms with Crippen molar-refractivity contribution in [3.8, 4) is 11.5 Å². The number of phosphoric ester groups is 1. The largest absolute Gasteiger partial charge is 0.524 e. The van der Waals surface area contributed by atoms with Gasteiger partial charge in [0.1, 0.15) is 24.7 Å². The summed E-state index contributed by atoms with van der Waals surface area (Å²) in [7, 11) is -1.98. The third-order valence-corrected chi connectivity index (χ3v) is 19.3. The molecule has 1 unspecified atom stereocenters. The van der Waals surface area contributed by atoms with Crippen molar-refractivity contribution >= 4 is 124 Å². The van der Waals surface area contributed by atoms with Crippen LogP contribution in [0.15, 0.2) is 48.8 Å². The van der Waals surface area contributed by atoms with E-state index in [0.29, 0.717) is 64.9 Å². The van der Waals surface area contributed by atoms with Crippen LogP contribution >= 0.6 is 31.0 Å². The summed E-state index contributed by atoms with van der Waals surface area (Å²) in [6.07, 6.45) is 4.69. The number of primary amides is 1. The number of unbranched alkanes of at least 4 members (excludes halogenated alkanes) is 1. The second kappa shape index (κ2) is 28.8.